The molecule has 0 aliphatic carbocycles. The number of esters is 1. The van der Waals surface area contributed by atoms with Gasteiger partial charge in [0.25, 0.3) is 0 Å². The van der Waals surface area contributed by atoms with Gasteiger partial charge in [-0.1, -0.05) is 27.2 Å². The number of hydrogen-bond acceptors (Lipinski definition) is 7. The number of unbranched alkanes of at least 4 members (excludes halogenated alkanes) is 2. The lowest BCUT2D eigenvalue weighted by Crippen LogP contribution is -2.06. The quantitative estimate of drug-likeness (QED) is 0.196. The van der Waals surface area contributed by atoms with Crippen LogP contribution in [0.4, 0.5) is 0 Å². The van der Waals surface area contributed by atoms with Crippen molar-refractivity contribution in [2.24, 2.45) is 0 Å². The Labute approximate surface area is 208 Å². The predicted molar refractivity (Wildman–Crippen MR) is 135 cm³/mol. The summed E-state index contributed by atoms with van der Waals surface area (Å²) >= 11 is 0. The first kappa shape index (κ1) is 28.0. The summed E-state index contributed by atoms with van der Waals surface area (Å²) in [5, 5.41) is 10.5. The molecule has 0 saturated carbocycles. The molecular formula is C28H38O7. The molecule has 0 atom stereocenters. The van der Waals surface area contributed by atoms with E-state index in [-0.39, 0.29) is 23.0 Å². The highest BCUT2D eigenvalue weighted by Crippen LogP contribution is 2.37. The van der Waals surface area contributed by atoms with Crippen LogP contribution in [0.3, 0.4) is 0 Å². The van der Waals surface area contributed by atoms with Gasteiger partial charge in [-0.2, -0.15) is 0 Å². The molecule has 0 fully saturated rings. The minimum atomic E-state index is -0.578. The summed E-state index contributed by atoms with van der Waals surface area (Å²) in [6.45, 7) is 6.56. The standard InChI is InChI=1S/C28H38O7/c1-7-11-20-24(14-13-21(26(20)30)28(31)34-6)35-15-10-8-9-12-23(29)19-16-22(18(2)3)27(33-5)25(17-19)32-4/h13-14,16-18,30H,7-12,15H2,1-6H3. The number of hydrogen-bond donors (Lipinski definition) is 1. The molecule has 0 spiro atoms. The fourth-order valence-corrected chi connectivity index (χ4v) is 3.99. The SMILES string of the molecule is CCCc1c(OCCCCCC(=O)c2cc(OC)c(OC)c(C(C)C)c2)ccc(C(=O)OC)c1O. The van der Waals surface area contributed by atoms with Crippen molar-refractivity contribution in [1.82, 2.24) is 0 Å². The Bertz CT molecular complexity index is 1010. The van der Waals surface area contributed by atoms with Gasteiger partial charge < -0.3 is 24.1 Å². The average molecular weight is 487 g/mol. The third-order valence-electron chi connectivity index (χ3n) is 5.90. The lowest BCUT2D eigenvalue weighted by Gasteiger charge is -2.17. The van der Waals surface area contributed by atoms with Gasteiger partial charge in [-0.3, -0.25) is 4.79 Å². The second-order valence-electron chi connectivity index (χ2n) is 8.72. The largest absolute Gasteiger partial charge is 0.507 e. The minimum absolute atomic E-state index is 0.0716. The highest BCUT2D eigenvalue weighted by atomic mass is 16.5. The van der Waals surface area contributed by atoms with Crippen molar-refractivity contribution in [3.63, 3.8) is 0 Å². The maximum atomic E-state index is 12.8. The number of ketones is 1. The van der Waals surface area contributed by atoms with E-state index in [0.29, 0.717) is 47.8 Å². The maximum absolute atomic E-state index is 12.8. The molecule has 0 aliphatic heterocycles. The lowest BCUT2D eigenvalue weighted by atomic mass is 9.95. The van der Waals surface area contributed by atoms with Crippen LogP contribution in [0.25, 0.3) is 0 Å². The molecule has 0 radical (unpaired) electrons. The molecule has 35 heavy (non-hydrogen) atoms. The highest BCUT2D eigenvalue weighted by Gasteiger charge is 2.19. The van der Waals surface area contributed by atoms with Gasteiger partial charge in [0, 0.05) is 23.1 Å². The molecule has 7 heteroatoms. The van der Waals surface area contributed by atoms with Crippen molar-refractivity contribution >= 4 is 11.8 Å². The predicted octanol–water partition coefficient (Wildman–Crippen LogP) is 6.09. The molecule has 192 valence electrons. The second-order valence-corrected chi connectivity index (χ2v) is 8.72. The van der Waals surface area contributed by atoms with E-state index in [1.165, 1.54) is 13.2 Å². The zero-order valence-corrected chi connectivity index (χ0v) is 21.7. The van der Waals surface area contributed by atoms with Gasteiger partial charge in [-0.05, 0) is 55.9 Å². The second kappa shape index (κ2) is 13.6. The molecule has 0 unspecified atom stereocenters. The normalized spacial score (nSPS) is 10.8. The van der Waals surface area contributed by atoms with Crippen LogP contribution in [-0.4, -0.2) is 44.8 Å². The van der Waals surface area contributed by atoms with Crippen LogP contribution in [0.1, 0.15) is 90.6 Å². The van der Waals surface area contributed by atoms with Crippen molar-refractivity contribution in [2.45, 2.75) is 65.2 Å². The Balaban J connectivity index is 1.93. The van der Waals surface area contributed by atoms with Crippen LogP contribution in [0.15, 0.2) is 24.3 Å². The number of Topliss-reactive ketones (excluding diaryl/α,β-unsaturated/α-hetero) is 1. The number of rotatable bonds is 14. The van der Waals surface area contributed by atoms with Gasteiger partial charge in [-0.15, -0.1) is 0 Å². The Morgan fingerprint density at radius 2 is 1.71 bits per heavy atom. The van der Waals surface area contributed by atoms with Gasteiger partial charge in [0.15, 0.2) is 17.3 Å². The van der Waals surface area contributed by atoms with E-state index in [9.17, 15) is 14.7 Å². The molecule has 2 rings (SSSR count). The van der Waals surface area contributed by atoms with Gasteiger partial charge in [0.1, 0.15) is 17.1 Å². The fraction of sp³-hybridized carbons (Fsp3) is 0.500. The summed E-state index contributed by atoms with van der Waals surface area (Å²) in [6.07, 6.45) is 4.15. The van der Waals surface area contributed by atoms with Crippen LogP contribution in [-0.2, 0) is 11.2 Å². The first-order chi connectivity index (χ1) is 16.8. The van der Waals surface area contributed by atoms with Gasteiger partial charge in [-0.25, -0.2) is 4.79 Å². The molecule has 0 heterocycles. The maximum Gasteiger partial charge on any atom is 0.341 e. The van der Waals surface area contributed by atoms with E-state index in [1.807, 2.05) is 13.0 Å². The molecule has 0 amide bonds. The summed E-state index contributed by atoms with van der Waals surface area (Å²) in [5.41, 5.74) is 2.33. The van der Waals surface area contributed by atoms with Crippen molar-refractivity contribution in [2.75, 3.05) is 27.9 Å². The molecule has 2 aromatic rings. The van der Waals surface area contributed by atoms with Crippen LogP contribution in [0.5, 0.6) is 23.0 Å². The number of aromatic hydroxyl groups is 1. The zero-order chi connectivity index (χ0) is 26.0. The van der Waals surface area contributed by atoms with E-state index < -0.39 is 5.97 Å². The number of carbonyl (C=O) groups excluding carboxylic acids is 2. The summed E-state index contributed by atoms with van der Waals surface area (Å²) in [4.78, 5) is 24.7. The van der Waals surface area contributed by atoms with Crippen LogP contribution < -0.4 is 14.2 Å². The van der Waals surface area contributed by atoms with Crippen molar-refractivity contribution in [1.29, 1.82) is 0 Å². The fourth-order valence-electron chi connectivity index (χ4n) is 3.99. The molecule has 0 saturated heterocycles. The van der Waals surface area contributed by atoms with E-state index in [2.05, 4.69) is 13.8 Å². The zero-order valence-electron chi connectivity index (χ0n) is 21.7. The third kappa shape index (κ3) is 7.13. The monoisotopic (exact) mass is 486 g/mol. The van der Waals surface area contributed by atoms with E-state index in [4.69, 9.17) is 18.9 Å². The lowest BCUT2D eigenvalue weighted by molar-refractivity contribution is 0.0597. The van der Waals surface area contributed by atoms with Crippen LogP contribution in [0, 0.1) is 0 Å². The summed E-state index contributed by atoms with van der Waals surface area (Å²) in [6, 6.07) is 6.86. The first-order valence-corrected chi connectivity index (χ1v) is 12.1. The average Bonchev–Trinajstić information content (AvgIpc) is 2.86. The molecular weight excluding hydrogens is 448 g/mol. The number of phenolic OH excluding ortho intramolecular Hbond substituents is 1. The van der Waals surface area contributed by atoms with Crippen molar-refractivity contribution < 1.29 is 33.6 Å². The van der Waals surface area contributed by atoms with E-state index in [0.717, 1.165) is 31.2 Å². The molecule has 7 nitrogen and oxygen atoms in total. The molecule has 0 bridgehead atoms. The number of benzene rings is 2. The smallest absolute Gasteiger partial charge is 0.341 e. The first-order valence-electron chi connectivity index (χ1n) is 12.1. The van der Waals surface area contributed by atoms with Gasteiger partial charge in [0.05, 0.1) is 27.9 Å². The van der Waals surface area contributed by atoms with Gasteiger partial charge >= 0.3 is 5.97 Å². The number of ether oxygens (including phenoxy) is 4. The summed E-state index contributed by atoms with van der Waals surface area (Å²) in [7, 11) is 4.46. The Morgan fingerprint density at radius 1 is 0.971 bits per heavy atom. The van der Waals surface area contributed by atoms with E-state index >= 15 is 0 Å². The number of methoxy groups -OCH3 is 3. The number of carbonyl (C=O) groups is 2. The topological polar surface area (TPSA) is 91.3 Å². The summed E-state index contributed by atoms with van der Waals surface area (Å²) in [5.74, 6) is 1.41. The Kier molecular flexibility index (Phi) is 10.9. The molecule has 0 aromatic heterocycles. The Hall–Kier alpha value is -3.22. The molecule has 2 aromatic carbocycles. The van der Waals surface area contributed by atoms with Gasteiger partial charge in [0.2, 0.25) is 0 Å². The van der Waals surface area contributed by atoms with Crippen LogP contribution >= 0.6 is 0 Å². The number of phenols is 1. The minimum Gasteiger partial charge on any atom is -0.507 e. The highest BCUT2D eigenvalue weighted by molar-refractivity contribution is 5.97. The van der Waals surface area contributed by atoms with E-state index in [1.54, 1.807) is 26.4 Å². The summed E-state index contributed by atoms with van der Waals surface area (Å²) < 4.78 is 21.6. The van der Waals surface area contributed by atoms with Crippen LogP contribution in [0.2, 0.25) is 0 Å². The Morgan fingerprint density at radius 3 is 2.31 bits per heavy atom. The third-order valence-corrected chi connectivity index (χ3v) is 5.90. The van der Waals surface area contributed by atoms with Crippen molar-refractivity contribution in [3.05, 3.63) is 46.5 Å². The molecule has 0 aliphatic rings. The van der Waals surface area contributed by atoms with Crippen molar-refractivity contribution in [3.8, 4) is 23.0 Å². The molecule has 1 N–H and O–H groups in total.